The van der Waals surface area contributed by atoms with Crippen LogP contribution in [0.5, 0.6) is 0 Å². The molecule has 4 N–H and O–H groups in total. The first-order valence-corrected chi connectivity index (χ1v) is 5.87. The van der Waals surface area contributed by atoms with E-state index >= 15 is 0 Å². The van der Waals surface area contributed by atoms with Crippen LogP contribution in [0.2, 0.25) is 0 Å². The highest BCUT2D eigenvalue weighted by molar-refractivity contribution is 5.87. The number of hydrogen-bond acceptors (Lipinski definition) is 4. The molecule has 0 unspecified atom stereocenters. The lowest BCUT2D eigenvalue weighted by molar-refractivity contribution is -0.750. The van der Waals surface area contributed by atoms with Crippen molar-refractivity contribution < 1.29 is 18.8 Å². The van der Waals surface area contributed by atoms with Gasteiger partial charge in [-0.3, -0.25) is 14.6 Å². The van der Waals surface area contributed by atoms with Crippen molar-refractivity contribution in [3.05, 3.63) is 42.1 Å². The van der Waals surface area contributed by atoms with Crippen LogP contribution >= 0.6 is 0 Å². The Balaban J connectivity index is 1.82. The van der Waals surface area contributed by atoms with Crippen LogP contribution in [0.1, 0.15) is 5.56 Å². The van der Waals surface area contributed by atoms with Gasteiger partial charge in [0.1, 0.15) is 0 Å². The van der Waals surface area contributed by atoms with Gasteiger partial charge in [0, 0.05) is 6.54 Å². The van der Waals surface area contributed by atoms with E-state index in [2.05, 4.69) is 15.9 Å². The number of nitrogens with one attached hydrogen (secondary N) is 2. The van der Waals surface area contributed by atoms with E-state index < -0.39 is 11.9 Å². The number of urea groups is 1. The molecule has 0 saturated carbocycles. The summed E-state index contributed by atoms with van der Waals surface area (Å²) in [6.45, 7) is 0.277. The highest BCUT2D eigenvalue weighted by Crippen LogP contribution is 2.01. The molecule has 1 aromatic carbocycles. The molecule has 0 aliphatic carbocycles. The van der Waals surface area contributed by atoms with Gasteiger partial charge in [0.15, 0.2) is 0 Å². The zero-order valence-electron chi connectivity index (χ0n) is 10.6. The summed E-state index contributed by atoms with van der Waals surface area (Å²) in [5.74, 6) is -0.430. The molecule has 0 spiro atoms. The third kappa shape index (κ3) is 4.09. The Morgan fingerprint density at radius 1 is 1.30 bits per heavy atom. The van der Waals surface area contributed by atoms with Crippen molar-refractivity contribution in [3.63, 3.8) is 0 Å². The Morgan fingerprint density at radius 2 is 2.05 bits per heavy atom. The minimum Gasteiger partial charge on any atom is -0.364 e. The molecule has 0 saturated heterocycles. The van der Waals surface area contributed by atoms with Crippen LogP contribution in [-0.2, 0) is 17.9 Å². The fourth-order valence-corrected chi connectivity index (χ4v) is 1.50. The number of hydrogen-bond donors (Lipinski definition) is 3. The predicted octanol–water partition coefficient (Wildman–Crippen LogP) is -0.231. The molecule has 1 aromatic heterocycles. The molecule has 104 valence electrons. The summed E-state index contributed by atoms with van der Waals surface area (Å²) in [5.41, 5.74) is 5.98. The molecule has 0 atom stereocenters. The van der Waals surface area contributed by atoms with E-state index in [1.165, 1.54) is 10.9 Å². The highest BCUT2D eigenvalue weighted by Gasteiger charge is 2.15. The highest BCUT2D eigenvalue weighted by atomic mass is 16.5. The third-order valence-electron chi connectivity index (χ3n) is 2.36. The lowest BCUT2D eigenvalue weighted by Gasteiger charge is -2.03. The van der Waals surface area contributed by atoms with E-state index in [0.717, 1.165) is 5.56 Å². The molecule has 1 heterocycles. The Kier molecular flexibility index (Phi) is 4.28. The smallest absolute Gasteiger partial charge is 0.322 e. The molecule has 8 heteroatoms. The monoisotopic (exact) mass is 276 g/mol. The van der Waals surface area contributed by atoms with Crippen LogP contribution in [-0.4, -0.2) is 17.2 Å². The number of carbonyl (C=O) groups is 2. The number of aromatic nitrogens is 2. The van der Waals surface area contributed by atoms with E-state index in [4.69, 9.17) is 10.3 Å². The summed E-state index contributed by atoms with van der Waals surface area (Å²) in [7, 11) is 0. The predicted molar refractivity (Wildman–Crippen MR) is 68.2 cm³/mol. The fourth-order valence-electron chi connectivity index (χ4n) is 1.50. The van der Waals surface area contributed by atoms with Gasteiger partial charge in [-0.2, -0.15) is 0 Å². The number of nitrogens with zero attached hydrogens (tertiary/aromatic N) is 2. The standard InChI is InChI=1S/C12H13N5O3/c13-10(18)7-17-8-11(20-16-17)15-12(19)14-6-9-4-2-1-3-5-9/h1-5,8H,6-7H2,(H3-,13,14,15,16,18,19)/p+1. The van der Waals surface area contributed by atoms with Crippen LogP contribution in [0.3, 0.4) is 0 Å². The van der Waals surface area contributed by atoms with Gasteiger partial charge >= 0.3 is 11.9 Å². The van der Waals surface area contributed by atoms with Gasteiger partial charge in [0.05, 0.1) is 0 Å². The number of nitrogens with two attached hydrogens (primary N) is 1. The minimum absolute atomic E-state index is 0.114. The van der Waals surface area contributed by atoms with Crippen molar-refractivity contribution in [1.29, 1.82) is 0 Å². The summed E-state index contributed by atoms with van der Waals surface area (Å²) in [6, 6.07) is 9.04. The van der Waals surface area contributed by atoms with Crippen LogP contribution < -0.4 is 21.0 Å². The van der Waals surface area contributed by atoms with Crippen molar-refractivity contribution in [1.82, 2.24) is 10.6 Å². The molecule has 3 amide bonds. The number of benzene rings is 1. The summed E-state index contributed by atoms with van der Waals surface area (Å²) < 4.78 is 6.01. The maximum absolute atomic E-state index is 11.6. The normalized spacial score (nSPS) is 10.0. The largest absolute Gasteiger partial charge is 0.364 e. The Bertz CT molecular complexity index is 596. The van der Waals surface area contributed by atoms with Gasteiger partial charge in [-0.15, -0.1) is 0 Å². The molecule has 0 aliphatic rings. The third-order valence-corrected chi connectivity index (χ3v) is 2.36. The lowest BCUT2D eigenvalue weighted by Crippen LogP contribution is -2.41. The first kappa shape index (κ1) is 13.5. The van der Waals surface area contributed by atoms with Gasteiger partial charge in [0.25, 0.3) is 18.6 Å². The van der Waals surface area contributed by atoms with Crippen molar-refractivity contribution in [3.8, 4) is 0 Å². The second-order valence-electron chi connectivity index (χ2n) is 4.02. The minimum atomic E-state index is -0.552. The molecular formula is C12H14N5O3+. The second-order valence-corrected chi connectivity index (χ2v) is 4.02. The van der Waals surface area contributed by atoms with Crippen LogP contribution in [0.15, 0.2) is 41.1 Å². The van der Waals surface area contributed by atoms with Gasteiger partial charge < -0.3 is 11.1 Å². The molecular weight excluding hydrogens is 262 g/mol. The van der Waals surface area contributed by atoms with Crippen LogP contribution in [0, 0.1) is 0 Å². The number of primary amides is 1. The van der Waals surface area contributed by atoms with E-state index in [0.29, 0.717) is 6.54 Å². The number of amides is 3. The topological polar surface area (TPSA) is 114 Å². The quantitative estimate of drug-likeness (QED) is 0.654. The molecule has 20 heavy (non-hydrogen) atoms. The molecule has 0 fully saturated rings. The SMILES string of the molecule is NC(=O)C[n+]1cc(NC(=O)NCc2ccccc2)on1. The maximum atomic E-state index is 11.6. The summed E-state index contributed by atoms with van der Waals surface area (Å²) >= 11 is 0. The maximum Gasteiger partial charge on any atom is 0.322 e. The number of carbonyl (C=O) groups excluding carboxylic acids is 2. The lowest BCUT2D eigenvalue weighted by atomic mass is 10.2. The average Bonchev–Trinajstić information content (AvgIpc) is 2.84. The van der Waals surface area contributed by atoms with E-state index in [9.17, 15) is 9.59 Å². The van der Waals surface area contributed by atoms with E-state index in [-0.39, 0.29) is 12.4 Å². The average molecular weight is 276 g/mol. The van der Waals surface area contributed by atoms with Crippen LogP contribution in [0.25, 0.3) is 0 Å². The van der Waals surface area contributed by atoms with Crippen molar-refractivity contribution in [2.45, 2.75) is 13.1 Å². The van der Waals surface area contributed by atoms with Crippen molar-refractivity contribution >= 4 is 17.8 Å². The van der Waals surface area contributed by atoms with E-state index in [1.54, 1.807) is 0 Å². The zero-order valence-corrected chi connectivity index (χ0v) is 10.6. The molecule has 0 aliphatic heterocycles. The number of rotatable bonds is 5. The second kappa shape index (κ2) is 6.32. The van der Waals surface area contributed by atoms with Gasteiger partial charge in [-0.25, -0.2) is 4.79 Å². The molecule has 0 bridgehead atoms. The Morgan fingerprint density at radius 3 is 2.75 bits per heavy atom. The van der Waals surface area contributed by atoms with Gasteiger partial charge in [-0.05, 0) is 10.2 Å². The first-order valence-electron chi connectivity index (χ1n) is 5.87. The molecule has 8 nitrogen and oxygen atoms in total. The summed E-state index contributed by atoms with van der Waals surface area (Å²) in [5, 5.41) is 8.64. The summed E-state index contributed by atoms with van der Waals surface area (Å²) in [4.78, 5) is 22.3. The molecule has 0 radical (unpaired) electrons. The Hall–Kier alpha value is -2.90. The molecule has 2 rings (SSSR count). The first-order chi connectivity index (χ1) is 9.63. The van der Waals surface area contributed by atoms with Crippen molar-refractivity contribution in [2.24, 2.45) is 5.73 Å². The summed E-state index contributed by atoms with van der Waals surface area (Å²) in [6.07, 6.45) is 1.37. The fraction of sp³-hybridized carbons (Fsp3) is 0.167. The Labute approximate surface area is 114 Å². The number of anilines is 1. The zero-order chi connectivity index (χ0) is 14.4. The van der Waals surface area contributed by atoms with Crippen molar-refractivity contribution in [2.75, 3.05) is 5.32 Å². The van der Waals surface area contributed by atoms with Gasteiger partial charge in [-0.1, -0.05) is 30.3 Å². The van der Waals surface area contributed by atoms with Gasteiger partial charge in [0.2, 0.25) is 5.27 Å². The molecule has 2 aromatic rings. The van der Waals surface area contributed by atoms with E-state index in [1.807, 2.05) is 30.3 Å². The van der Waals surface area contributed by atoms with Crippen LogP contribution in [0.4, 0.5) is 10.7 Å².